The molecule has 2 aliphatic rings. The van der Waals surface area contributed by atoms with Crippen molar-refractivity contribution in [3.63, 3.8) is 0 Å². The fourth-order valence-electron chi connectivity index (χ4n) is 2.93. The van der Waals surface area contributed by atoms with Crippen LogP contribution in [-0.2, 0) is 20.8 Å². The summed E-state index contributed by atoms with van der Waals surface area (Å²) < 4.78 is 13.3. The number of allylic oxidation sites excluding steroid dienone is 1. The molecule has 0 aliphatic carbocycles. The second kappa shape index (κ2) is 6.48. The van der Waals surface area contributed by atoms with Crippen LogP contribution in [0.1, 0.15) is 38.6 Å². The lowest BCUT2D eigenvalue weighted by Gasteiger charge is -2.34. The molecule has 1 saturated heterocycles. The zero-order valence-corrected chi connectivity index (χ0v) is 13.1. The first-order valence-corrected chi connectivity index (χ1v) is 7.81. The van der Waals surface area contributed by atoms with Crippen LogP contribution in [0.2, 0.25) is 0 Å². The van der Waals surface area contributed by atoms with E-state index in [0.717, 1.165) is 36.5 Å². The molecular weight excluding hydrogens is 284 g/mol. The second-order valence-electron chi connectivity index (χ2n) is 5.57. The molecule has 7 heteroatoms. The van der Waals surface area contributed by atoms with E-state index in [1.165, 1.54) is 0 Å². The molecule has 22 heavy (non-hydrogen) atoms. The van der Waals surface area contributed by atoms with Crippen molar-refractivity contribution >= 4 is 5.91 Å². The molecule has 2 aliphatic heterocycles. The zero-order chi connectivity index (χ0) is 15.5. The average molecular weight is 306 g/mol. The number of ether oxygens (including phenoxy) is 2. The van der Waals surface area contributed by atoms with Gasteiger partial charge in [0.05, 0.1) is 25.3 Å². The Hall–Kier alpha value is -1.89. The van der Waals surface area contributed by atoms with Gasteiger partial charge in [0.2, 0.25) is 0 Å². The lowest BCUT2D eigenvalue weighted by atomic mass is 10.1. The van der Waals surface area contributed by atoms with Gasteiger partial charge < -0.3 is 18.9 Å². The van der Waals surface area contributed by atoms with Gasteiger partial charge in [-0.3, -0.25) is 4.79 Å². The van der Waals surface area contributed by atoms with Gasteiger partial charge in [-0.1, -0.05) is 0 Å². The normalized spacial score (nSPS) is 22.6. The number of nitrogens with zero attached hydrogens (tertiary/aromatic N) is 4. The maximum Gasteiger partial charge on any atom is 0.253 e. The van der Waals surface area contributed by atoms with Crippen molar-refractivity contribution in [2.75, 3.05) is 26.3 Å². The Morgan fingerprint density at radius 2 is 2.32 bits per heavy atom. The molecule has 3 rings (SSSR count). The minimum Gasteiger partial charge on any atom is -0.498 e. The highest BCUT2D eigenvalue weighted by molar-refractivity contribution is 5.94. The van der Waals surface area contributed by atoms with Crippen molar-refractivity contribution in [2.24, 2.45) is 0 Å². The zero-order valence-electron chi connectivity index (χ0n) is 13.1. The summed E-state index contributed by atoms with van der Waals surface area (Å²) in [7, 11) is 0. The molecule has 7 nitrogen and oxygen atoms in total. The van der Waals surface area contributed by atoms with E-state index in [1.807, 2.05) is 23.3 Å². The molecule has 0 unspecified atom stereocenters. The molecular formula is C15H22N4O3. The SMILES string of the molecule is CCn1cnnc1[C@@H]1CN(C(=O)C2=C(C)OCCC2)CCO1. The Balaban J connectivity index is 1.74. The van der Waals surface area contributed by atoms with Crippen LogP contribution < -0.4 is 0 Å². The van der Waals surface area contributed by atoms with Crippen LogP contribution in [-0.4, -0.2) is 51.9 Å². The van der Waals surface area contributed by atoms with E-state index in [2.05, 4.69) is 10.2 Å². The number of hydrogen-bond acceptors (Lipinski definition) is 5. The molecule has 0 N–H and O–H groups in total. The van der Waals surface area contributed by atoms with Crippen LogP contribution in [0.5, 0.6) is 0 Å². The second-order valence-corrected chi connectivity index (χ2v) is 5.57. The maximum atomic E-state index is 12.7. The molecule has 1 aromatic rings. The molecule has 1 amide bonds. The van der Waals surface area contributed by atoms with Crippen molar-refractivity contribution in [1.82, 2.24) is 19.7 Å². The van der Waals surface area contributed by atoms with Gasteiger partial charge in [0, 0.05) is 13.1 Å². The van der Waals surface area contributed by atoms with Crippen molar-refractivity contribution in [1.29, 1.82) is 0 Å². The van der Waals surface area contributed by atoms with Gasteiger partial charge in [0.15, 0.2) is 5.82 Å². The van der Waals surface area contributed by atoms with E-state index in [9.17, 15) is 4.79 Å². The molecule has 0 bridgehead atoms. The van der Waals surface area contributed by atoms with Crippen LogP contribution in [0.3, 0.4) is 0 Å². The van der Waals surface area contributed by atoms with Gasteiger partial charge in [0.1, 0.15) is 18.2 Å². The van der Waals surface area contributed by atoms with Gasteiger partial charge in [0.25, 0.3) is 5.91 Å². The highest BCUT2D eigenvalue weighted by Crippen LogP contribution is 2.25. The predicted octanol–water partition coefficient (Wildman–Crippen LogP) is 1.28. The highest BCUT2D eigenvalue weighted by atomic mass is 16.5. The van der Waals surface area contributed by atoms with Crippen LogP contribution in [0.25, 0.3) is 0 Å². The van der Waals surface area contributed by atoms with Crippen LogP contribution in [0.4, 0.5) is 0 Å². The lowest BCUT2D eigenvalue weighted by Crippen LogP contribution is -2.44. The van der Waals surface area contributed by atoms with Crippen molar-refractivity contribution in [2.45, 2.75) is 39.3 Å². The fraction of sp³-hybridized carbons (Fsp3) is 0.667. The molecule has 0 radical (unpaired) electrons. The summed E-state index contributed by atoms with van der Waals surface area (Å²) in [5.41, 5.74) is 0.795. The standard InChI is InChI=1S/C15H22N4O3/c1-3-18-10-16-17-14(18)13-9-19(6-8-22-13)15(20)12-5-4-7-21-11(12)2/h10,13H,3-9H2,1-2H3/t13-/m0/s1. The predicted molar refractivity (Wildman–Crippen MR) is 78.9 cm³/mol. The van der Waals surface area contributed by atoms with E-state index >= 15 is 0 Å². The van der Waals surface area contributed by atoms with Crippen molar-refractivity contribution in [3.05, 3.63) is 23.5 Å². The minimum absolute atomic E-state index is 0.0630. The molecule has 3 heterocycles. The van der Waals surface area contributed by atoms with Gasteiger partial charge in [-0.05, 0) is 26.7 Å². The molecule has 1 atom stereocenters. The molecule has 0 spiro atoms. The largest absolute Gasteiger partial charge is 0.498 e. The summed E-state index contributed by atoms with van der Waals surface area (Å²) in [5, 5.41) is 8.09. The lowest BCUT2D eigenvalue weighted by molar-refractivity contribution is -0.136. The number of carbonyl (C=O) groups is 1. The third kappa shape index (κ3) is 2.85. The summed E-state index contributed by atoms with van der Waals surface area (Å²) in [6.07, 6.45) is 3.17. The van der Waals surface area contributed by atoms with E-state index in [1.54, 1.807) is 6.33 Å². The summed E-state index contributed by atoms with van der Waals surface area (Å²) in [6.45, 7) is 7.02. The number of aryl methyl sites for hydroxylation is 1. The number of amides is 1. The number of rotatable bonds is 3. The van der Waals surface area contributed by atoms with Crippen LogP contribution in [0, 0.1) is 0 Å². The number of carbonyl (C=O) groups excluding carboxylic acids is 1. The monoisotopic (exact) mass is 306 g/mol. The molecule has 0 aromatic carbocycles. The molecule has 1 fully saturated rings. The summed E-state index contributed by atoms with van der Waals surface area (Å²) in [6, 6.07) is 0. The van der Waals surface area contributed by atoms with Gasteiger partial charge >= 0.3 is 0 Å². The topological polar surface area (TPSA) is 69.5 Å². The van der Waals surface area contributed by atoms with E-state index < -0.39 is 0 Å². The third-order valence-electron chi connectivity index (χ3n) is 4.20. The van der Waals surface area contributed by atoms with Crippen molar-refractivity contribution in [3.8, 4) is 0 Å². The van der Waals surface area contributed by atoms with Gasteiger partial charge in [-0.25, -0.2) is 0 Å². The maximum absolute atomic E-state index is 12.7. The quantitative estimate of drug-likeness (QED) is 0.841. The average Bonchev–Trinajstić information content (AvgIpc) is 3.03. The Morgan fingerprint density at radius 3 is 3.09 bits per heavy atom. The Bertz CT molecular complexity index is 581. The van der Waals surface area contributed by atoms with Crippen molar-refractivity contribution < 1.29 is 14.3 Å². The first-order valence-electron chi connectivity index (χ1n) is 7.81. The summed E-state index contributed by atoms with van der Waals surface area (Å²) >= 11 is 0. The Labute approximate surface area is 129 Å². The van der Waals surface area contributed by atoms with E-state index in [0.29, 0.717) is 26.3 Å². The van der Waals surface area contributed by atoms with Crippen LogP contribution >= 0.6 is 0 Å². The minimum atomic E-state index is -0.217. The molecule has 0 saturated carbocycles. The van der Waals surface area contributed by atoms with E-state index in [4.69, 9.17) is 9.47 Å². The first kappa shape index (κ1) is 15.0. The Kier molecular flexibility index (Phi) is 4.42. The molecule has 120 valence electrons. The molecule has 1 aromatic heterocycles. The summed E-state index contributed by atoms with van der Waals surface area (Å²) in [4.78, 5) is 14.6. The first-order chi connectivity index (χ1) is 10.7. The number of morpholine rings is 1. The Morgan fingerprint density at radius 1 is 1.45 bits per heavy atom. The van der Waals surface area contributed by atoms with Crippen LogP contribution in [0.15, 0.2) is 17.7 Å². The summed E-state index contributed by atoms with van der Waals surface area (Å²) in [5.74, 6) is 1.61. The van der Waals surface area contributed by atoms with Gasteiger partial charge in [-0.15, -0.1) is 10.2 Å². The van der Waals surface area contributed by atoms with Gasteiger partial charge in [-0.2, -0.15) is 0 Å². The van der Waals surface area contributed by atoms with E-state index in [-0.39, 0.29) is 12.0 Å². The smallest absolute Gasteiger partial charge is 0.253 e. The number of aromatic nitrogens is 3. The third-order valence-corrected chi connectivity index (χ3v) is 4.20. The highest BCUT2D eigenvalue weighted by Gasteiger charge is 2.31. The number of hydrogen-bond donors (Lipinski definition) is 0. The fourth-order valence-corrected chi connectivity index (χ4v) is 2.93.